The van der Waals surface area contributed by atoms with Crippen molar-refractivity contribution in [1.29, 1.82) is 0 Å². The summed E-state index contributed by atoms with van der Waals surface area (Å²) >= 11 is 0. The fraction of sp³-hybridized carbons (Fsp3) is 0.556. The molecule has 5 heteroatoms. The molecule has 0 amide bonds. The van der Waals surface area contributed by atoms with Gasteiger partial charge in [0.1, 0.15) is 0 Å². The molecular weight excluding hydrogens is 182 g/mol. The summed E-state index contributed by atoms with van der Waals surface area (Å²) in [6, 6.07) is 2.05. The van der Waals surface area contributed by atoms with E-state index in [9.17, 15) is 4.79 Å². The quantitative estimate of drug-likeness (QED) is 0.679. The second-order valence-electron chi connectivity index (χ2n) is 3.35. The second kappa shape index (κ2) is 3.79. The van der Waals surface area contributed by atoms with Crippen LogP contribution in [-0.4, -0.2) is 29.8 Å². The van der Waals surface area contributed by atoms with Gasteiger partial charge in [-0.3, -0.25) is 5.10 Å². The number of esters is 1. The Balaban J connectivity index is 2.12. The number of hydrogen-bond acceptors (Lipinski definition) is 4. The number of H-pyrrole nitrogens is 1. The molecule has 0 aromatic carbocycles. The Morgan fingerprint density at radius 2 is 2.57 bits per heavy atom. The first-order valence-corrected chi connectivity index (χ1v) is 4.68. The maximum Gasteiger partial charge on any atom is 0.358 e. The normalized spacial score (nSPS) is 21.1. The summed E-state index contributed by atoms with van der Waals surface area (Å²) in [6.07, 6.45) is 2.25. The van der Waals surface area contributed by atoms with Crippen molar-refractivity contribution in [3.05, 3.63) is 17.5 Å². The van der Waals surface area contributed by atoms with Gasteiger partial charge in [-0.05, 0) is 25.5 Å². The van der Waals surface area contributed by atoms with Gasteiger partial charge in [0.25, 0.3) is 0 Å². The van der Waals surface area contributed by atoms with Gasteiger partial charge in [0.05, 0.1) is 12.8 Å². The van der Waals surface area contributed by atoms with E-state index in [1.165, 1.54) is 7.11 Å². The number of methoxy groups -OCH3 is 1. The smallest absolute Gasteiger partial charge is 0.358 e. The van der Waals surface area contributed by atoms with Crippen LogP contribution in [0.15, 0.2) is 6.07 Å². The number of nitrogens with zero attached hydrogens (tertiary/aromatic N) is 1. The van der Waals surface area contributed by atoms with Crippen LogP contribution < -0.4 is 5.32 Å². The van der Waals surface area contributed by atoms with E-state index in [-0.39, 0.29) is 0 Å². The molecular formula is C9H13N3O2. The number of hydrogen-bond donors (Lipinski definition) is 2. The minimum atomic E-state index is -0.398. The van der Waals surface area contributed by atoms with Gasteiger partial charge < -0.3 is 10.1 Å². The van der Waals surface area contributed by atoms with Crippen LogP contribution in [0.2, 0.25) is 0 Å². The van der Waals surface area contributed by atoms with Crippen LogP contribution in [0.4, 0.5) is 0 Å². The van der Waals surface area contributed by atoms with Gasteiger partial charge in [-0.25, -0.2) is 4.79 Å². The van der Waals surface area contributed by atoms with Crippen LogP contribution in [0.5, 0.6) is 0 Å². The largest absolute Gasteiger partial charge is 0.464 e. The lowest BCUT2D eigenvalue weighted by atomic mass is 10.1. The lowest BCUT2D eigenvalue weighted by Crippen LogP contribution is -2.13. The molecule has 0 aliphatic carbocycles. The highest BCUT2D eigenvalue weighted by atomic mass is 16.5. The molecule has 5 nitrogen and oxygen atoms in total. The van der Waals surface area contributed by atoms with Crippen LogP contribution >= 0.6 is 0 Å². The number of aromatic amines is 1. The van der Waals surface area contributed by atoms with Crippen molar-refractivity contribution in [3.8, 4) is 0 Å². The van der Waals surface area contributed by atoms with Crippen LogP contribution in [0.1, 0.15) is 35.1 Å². The number of rotatable bonds is 2. The fourth-order valence-corrected chi connectivity index (χ4v) is 1.67. The summed E-state index contributed by atoms with van der Waals surface area (Å²) in [5, 5.41) is 10.1. The molecule has 76 valence electrons. The van der Waals surface area contributed by atoms with Crippen molar-refractivity contribution in [2.45, 2.75) is 18.9 Å². The third-order valence-electron chi connectivity index (χ3n) is 2.43. The molecule has 1 aromatic heterocycles. The first-order valence-electron chi connectivity index (χ1n) is 4.68. The van der Waals surface area contributed by atoms with E-state index in [2.05, 4.69) is 20.3 Å². The molecule has 1 saturated heterocycles. The molecule has 0 radical (unpaired) electrons. The lowest BCUT2D eigenvalue weighted by molar-refractivity contribution is 0.0594. The topological polar surface area (TPSA) is 67.0 Å². The predicted molar refractivity (Wildman–Crippen MR) is 49.9 cm³/mol. The zero-order valence-electron chi connectivity index (χ0n) is 8.04. The Bertz CT molecular complexity index is 329. The Morgan fingerprint density at radius 1 is 1.71 bits per heavy atom. The minimum absolute atomic E-state index is 0.306. The average molecular weight is 195 g/mol. The molecule has 0 saturated carbocycles. The zero-order valence-corrected chi connectivity index (χ0v) is 8.04. The SMILES string of the molecule is COC(=O)c1cc([C@H]2CCCN2)[nH]n1. The van der Waals surface area contributed by atoms with E-state index in [0.29, 0.717) is 11.7 Å². The van der Waals surface area contributed by atoms with Crippen LogP contribution in [-0.2, 0) is 4.74 Å². The van der Waals surface area contributed by atoms with E-state index in [4.69, 9.17) is 0 Å². The number of aromatic nitrogens is 2. The summed E-state index contributed by atoms with van der Waals surface area (Å²) < 4.78 is 4.57. The van der Waals surface area contributed by atoms with Crippen molar-refractivity contribution < 1.29 is 9.53 Å². The molecule has 14 heavy (non-hydrogen) atoms. The molecule has 1 fully saturated rings. The van der Waals surface area contributed by atoms with Gasteiger partial charge in [-0.2, -0.15) is 5.10 Å². The van der Waals surface area contributed by atoms with Crippen LogP contribution in [0.25, 0.3) is 0 Å². The van der Waals surface area contributed by atoms with Crippen LogP contribution in [0.3, 0.4) is 0 Å². The molecule has 1 aromatic rings. The summed E-state index contributed by atoms with van der Waals surface area (Å²) in [5.74, 6) is -0.398. The van der Waals surface area contributed by atoms with Gasteiger partial charge in [-0.15, -0.1) is 0 Å². The van der Waals surface area contributed by atoms with Crippen molar-refractivity contribution in [1.82, 2.24) is 15.5 Å². The van der Waals surface area contributed by atoms with Crippen LogP contribution in [0, 0.1) is 0 Å². The molecule has 2 rings (SSSR count). The van der Waals surface area contributed by atoms with Gasteiger partial charge in [0.15, 0.2) is 5.69 Å². The third kappa shape index (κ3) is 1.63. The standard InChI is InChI=1S/C9H13N3O2/c1-14-9(13)8-5-7(11-12-8)6-3-2-4-10-6/h5-6,10H,2-4H2,1H3,(H,11,12)/t6-/m1/s1. The number of carbonyl (C=O) groups excluding carboxylic acids is 1. The molecule has 2 heterocycles. The highest BCUT2D eigenvalue weighted by Gasteiger charge is 2.20. The molecule has 1 aliphatic heterocycles. The monoisotopic (exact) mass is 195 g/mol. The highest BCUT2D eigenvalue weighted by Crippen LogP contribution is 2.21. The van der Waals surface area contributed by atoms with Gasteiger partial charge in [0, 0.05) is 6.04 Å². The van der Waals surface area contributed by atoms with Crippen molar-refractivity contribution in [3.63, 3.8) is 0 Å². The predicted octanol–water partition coefficient (Wildman–Crippen LogP) is 0.621. The van der Waals surface area contributed by atoms with E-state index >= 15 is 0 Å². The van der Waals surface area contributed by atoms with E-state index in [1.807, 2.05) is 0 Å². The van der Waals surface area contributed by atoms with E-state index < -0.39 is 5.97 Å². The fourth-order valence-electron chi connectivity index (χ4n) is 1.67. The Labute approximate surface area is 81.8 Å². The van der Waals surface area contributed by atoms with Crippen molar-refractivity contribution >= 4 is 5.97 Å². The molecule has 0 spiro atoms. The maximum absolute atomic E-state index is 11.1. The lowest BCUT2D eigenvalue weighted by Gasteiger charge is -2.04. The number of ether oxygens (including phenoxy) is 1. The van der Waals surface area contributed by atoms with E-state index in [0.717, 1.165) is 25.1 Å². The molecule has 0 unspecified atom stereocenters. The summed E-state index contributed by atoms with van der Waals surface area (Å²) in [4.78, 5) is 11.1. The molecule has 1 aliphatic rings. The number of nitrogens with one attached hydrogen (secondary N) is 2. The van der Waals surface area contributed by atoms with Gasteiger partial charge >= 0.3 is 5.97 Å². The van der Waals surface area contributed by atoms with Gasteiger partial charge in [-0.1, -0.05) is 0 Å². The summed E-state index contributed by atoms with van der Waals surface area (Å²) in [5.41, 5.74) is 1.30. The highest BCUT2D eigenvalue weighted by molar-refractivity contribution is 5.87. The zero-order chi connectivity index (χ0) is 9.97. The summed E-state index contributed by atoms with van der Waals surface area (Å²) in [6.45, 7) is 1.03. The molecule has 2 N–H and O–H groups in total. The second-order valence-corrected chi connectivity index (χ2v) is 3.35. The van der Waals surface area contributed by atoms with Gasteiger partial charge in [0.2, 0.25) is 0 Å². The first-order chi connectivity index (χ1) is 6.81. The minimum Gasteiger partial charge on any atom is -0.464 e. The molecule has 0 bridgehead atoms. The van der Waals surface area contributed by atoms with E-state index in [1.54, 1.807) is 6.07 Å². The Hall–Kier alpha value is -1.36. The summed E-state index contributed by atoms with van der Waals surface area (Å²) in [7, 11) is 1.35. The molecule has 1 atom stereocenters. The third-order valence-corrected chi connectivity index (χ3v) is 2.43. The number of carbonyl (C=O) groups is 1. The Morgan fingerprint density at radius 3 is 3.21 bits per heavy atom. The maximum atomic E-state index is 11.1. The average Bonchev–Trinajstić information content (AvgIpc) is 2.86. The first kappa shape index (κ1) is 9.21. The van der Waals surface area contributed by atoms with Crippen molar-refractivity contribution in [2.75, 3.05) is 13.7 Å². The Kier molecular flexibility index (Phi) is 2.49. The van der Waals surface area contributed by atoms with Crippen molar-refractivity contribution in [2.24, 2.45) is 0 Å².